The van der Waals surface area contributed by atoms with E-state index in [-0.39, 0.29) is 28.6 Å². The van der Waals surface area contributed by atoms with E-state index in [4.69, 9.17) is 9.47 Å². The summed E-state index contributed by atoms with van der Waals surface area (Å²) < 4.78 is 11.0. The van der Waals surface area contributed by atoms with Gasteiger partial charge in [-0.05, 0) is 30.2 Å². The van der Waals surface area contributed by atoms with E-state index < -0.39 is 5.78 Å². The van der Waals surface area contributed by atoms with Gasteiger partial charge in [-0.2, -0.15) is 0 Å². The number of ketones is 1. The first-order valence-electron chi connectivity index (χ1n) is 7.81. The van der Waals surface area contributed by atoms with Gasteiger partial charge in [0, 0.05) is 12.1 Å². The van der Waals surface area contributed by atoms with Crippen LogP contribution in [-0.2, 0) is 0 Å². The van der Waals surface area contributed by atoms with Crippen molar-refractivity contribution in [2.75, 3.05) is 6.61 Å². The van der Waals surface area contributed by atoms with Gasteiger partial charge in [-0.1, -0.05) is 25.5 Å². The Labute approximate surface area is 139 Å². The lowest BCUT2D eigenvalue weighted by Crippen LogP contribution is -1.98. The number of phenols is 2. The maximum absolute atomic E-state index is 12.3. The first-order valence-corrected chi connectivity index (χ1v) is 7.81. The van der Waals surface area contributed by atoms with Crippen molar-refractivity contribution in [3.63, 3.8) is 0 Å². The molecule has 0 saturated carbocycles. The van der Waals surface area contributed by atoms with Crippen molar-refractivity contribution in [3.8, 4) is 23.0 Å². The Morgan fingerprint density at radius 2 is 1.92 bits per heavy atom. The Hall–Kier alpha value is -2.95. The molecule has 0 atom stereocenters. The maximum Gasteiger partial charge on any atom is 0.235 e. The zero-order chi connectivity index (χ0) is 17.1. The summed E-state index contributed by atoms with van der Waals surface area (Å²) in [6, 6.07) is 9.73. The predicted octanol–water partition coefficient (Wildman–Crippen LogP) is 3.89. The van der Waals surface area contributed by atoms with Gasteiger partial charge < -0.3 is 19.7 Å². The first-order chi connectivity index (χ1) is 11.6. The number of aromatic hydroxyl groups is 2. The highest BCUT2D eigenvalue weighted by molar-refractivity contribution is 6.16. The van der Waals surface area contributed by atoms with Gasteiger partial charge in [0.25, 0.3) is 0 Å². The first kappa shape index (κ1) is 15.9. The van der Waals surface area contributed by atoms with E-state index in [1.165, 1.54) is 6.07 Å². The number of carbonyl (C=O) groups is 1. The van der Waals surface area contributed by atoms with Crippen LogP contribution < -0.4 is 9.47 Å². The number of unbranched alkanes of at least 4 members (excludes halogenated alkanes) is 1. The number of hydrogen-bond acceptors (Lipinski definition) is 5. The average molecular weight is 326 g/mol. The van der Waals surface area contributed by atoms with Gasteiger partial charge in [-0.3, -0.25) is 4.79 Å². The largest absolute Gasteiger partial charge is 0.508 e. The van der Waals surface area contributed by atoms with E-state index in [1.807, 2.05) is 24.3 Å². The summed E-state index contributed by atoms with van der Waals surface area (Å²) >= 11 is 0. The highest BCUT2D eigenvalue weighted by atomic mass is 16.5. The molecule has 3 rings (SSSR count). The van der Waals surface area contributed by atoms with Crippen LogP contribution in [0.3, 0.4) is 0 Å². The predicted molar refractivity (Wildman–Crippen MR) is 89.6 cm³/mol. The topological polar surface area (TPSA) is 76.0 Å². The minimum Gasteiger partial charge on any atom is -0.508 e. The van der Waals surface area contributed by atoms with Gasteiger partial charge in [0.05, 0.1) is 6.61 Å². The second-order valence-corrected chi connectivity index (χ2v) is 5.55. The Kier molecular flexibility index (Phi) is 4.42. The zero-order valence-corrected chi connectivity index (χ0v) is 13.3. The number of phenolic OH excluding ortho intramolecular Hbond substituents is 2. The molecule has 2 aromatic carbocycles. The molecule has 0 saturated heterocycles. The molecule has 0 aromatic heterocycles. The number of rotatable bonds is 5. The minimum absolute atomic E-state index is 0.0681. The molecule has 0 aliphatic carbocycles. The van der Waals surface area contributed by atoms with E-state index in [2.05, 4.69) is 6.92 Å². The number of benzene rings is 2. The molecule has 0 amide bonds. The number of carbonyl (C=O) groups excluding carboxylic acids is 1. The quantitative estimate of drug-likeness (QED) is 0.644. The van der Waals surface area contributed by atoms with Crippen LogP contribution in [0.5, 0.6) is 23.0 Å². The summed E-state index contributed by atoms with van der Waals surface area (Å²) in [5.74, 6) is 0.168. The summed E-state index contributed by atoms with van der Waals surface area (Å²) in [5.41, 5.74) is 0.844. The van der Waals surface area contributed by atoms with Gasteiger partial charge >= 0.3 is 0 Å². The molecule has 5 heteroatoms. The van der Waals surface area contributed by atoms with E-state index in [0.29, 0.717) is 6.61 Å². The van der Waals surface area contributed by atoms with Crippen molar-refractivity contribution in [2.24, 2.45) is 0 Å². The third-order valence-corrected chi connectivity index (χ3v) is 3.68. The summed E-state index contributed by atoms with van der Waals surface area (Å²) in [6.45, 7) is 2.78. The molecular weight excluding hydrogens is 308 g/mol. The number of Topliss-reactive ketones (excluding diaryl/α,β-unsaturated/α-hetero) is 1. The highest BCUT2D eigenvalue weighted by Crippen LogP contribution is 2.40. The maximum atomic E-state index is 12.3. The number of fused-ring (bicyclic) bond motifs is 1. The van der Waals surface area contributed by atoms with Crippen molar-refractivity contribution >= 4 is 11.9 Å². The second-order valence-electron chi connectivity index (χ2n) is 5.55. The van der Waals surface area contributed by atoms with Gasteiger partial charge in [-0.15, -0.1) is 0 Å². The van der Waals surface area contributed by atoms with Gasteiger partial charge in [0.2, 0.25) is 5.78 Å². The Morgan fingerprint density at radius 3 is 2.62 bits per heavy atom. The lowest BCUT2D eigenvalue weighted by atomic mass is 10.1. The number of hydrogen-bond donors (Lipinski definition) is 2. The number of ether oxygens (including phenoxy) is 2. The van der Waals surface area contributed by atoms with Crippen LogP contribution in [0.2, 0.25) is 0 Å². The fourth-order valence-electron chi connectivity index (χ4n) is 2.42. The fraction of sp³-hybridized carbons (Fsp3) is 0.211. The molecule has 2 N–H and O–H groups in total. The molecule has 124 valence electrons. The lowest BCUT2D eigenvalue weighted by molar-refractivity contribution is 0.101. The minimum atomic E-state index is -0.411. The van der Waals surface area contributed by atoms with E-state index >= 15 is 0 Å². The molecule has 0 fully saturated rings. The second kappa shape index (κ2) is 6.66. The van der Waals surface area contributed by atoms with Crippen molar-refractivity contribution < 1.29 is 24.5 Å². The molecule has 1 aliphatic heterocycles. The Morgan fingerprint density at radius 1 is 1.17 bits per heavy atom. The van der Waals surface area contributed by atoms with Crippen LogP contribution in [-0.4, -0.2) is 22.6 Å². The molecule has 2 aromatic rings. The van der Waals surface area contributed by atoms with Crippen LogP contribution in [0.25, 0.3) is 6.08 Å². The molecular formula is C19H18O5. The molecule has 1 heterocycles. The zero-order valence-electron chi connectivity index (χ0n) is 13.3. The average Bonchev–Trinajstić information content (AvgIpc) is 2.85. The van der Waals surface area contributed by atoms with E-state index in [9.17, 15) is 15.0 Å². The molecule has 1 aliphatic rings. The van der Waals surface area contributed by atoms with Gasteiger partial charge in [0.1, 0.15) is 28.6 Å². The molecule has 0 spiro atoms. The Balaban J connectivity index is 1.78. The lowest BCUT2D eigenvalue weighted by Gasteiger charge is -2.05. The monoisotopic (exact) mass is 326 g/mol. The van der Waals surface area contributed by atoms with Crippen LogP contribution in [0.1, 0.15) is 35.7 Å². The molecule has 0 unspecified atom stereocenters. The summed E-state index contributed by atoms with van der Waals surface area (Å²) in [7, 11) is 0. The fourth-order valence-corrected chi connectivity index (χ4v) is 2.42. The Bertz CT molecular complexity index is 790. The SMILES string of the molecule is CCCCOc1ccc(/C=C2\Oc3cc(O)cc(O)c3C2=O)cc1. The standard InChI is InChI=1S/C19H18O5/c1-2-3-8-23-14-6-4-12(5-7-14)9-17-19(22)18-15(21)10-13(20)11-16(18)24-17/h4-7,9-11,20-21H,2-3,8H2,1H3/b17-9-. The van der Waals surface area contributed by atoms with Crippen molar-refractivity contribution in [1.29, 1.82) is 0 Å². The van der Waals surface area contributed by atoms with Crippen LogP contribution in [0.15, 0.2) is 42.2 Å². The third kappa shape index (κ3) is 3.20. The number of allylic oxidation sites excluding steroid dienone is 1. The van der Waals surface area contributed by atoms with Gasteiger partial charge in [0.15, 0.2) is 5.76 Å². The van der Waals surface area contributed by atoms with E-state index in [0.717, 1.165) is 30.2 Å². The molecule has 0 radical (unpaired) electrons. The van der Waals surface area contributed by atoms with Crippen molar-refractivity contribution in [1.82, 2.24) is 0 Å². The molecule has 5 nitrogen and oxygen atoms in total. The van der Waals surface area contributed by atoms with Crippen molar-refractivity contribution in [3.05, 3.63) is 53.3 Å². The normalized spacial score (nSPS) is 14.5. The van der Waals surface area contributed by atoms with Crippen LogP contribution in [0, 0.1) is 0 Å². The summed E-state index contributed by atoms with van der Waals surface area (Å²) in [4.78, 5) is 12.3. The van der Waals surface area contributed by atoms with Crippen molar-refractivity contribution in [2.45, 2.75) is 19.8 Å². The van der Waals surface area contributed by atoms with Gasteiger partial charge in [-0.25, -0.2) is 0 Å². The third-order valence-electron chi connectivity index (χ3n) is 3.68. The smallest absolute Gasteiger partial charge is 0.235 e. The highest BCUT2D eigenvalue weighted by Gasteiger charge is 2.31. The molecule has 24 heavy (non-hydrogen) atoms. The van der Waals surface area contributed by atoms with Crippen LogP contribution in [0.4, 0.5) is 0 Å². The van der Waals surface area contributed by atoms with Crippen LogP contribution >= 0.6 is 0 Å². The van der Waals surface area contributed by atoms with E-state index in [1.54, 1.807) is 6.08 Å². The summed E-state index contributed by atoms with van der Waals surface area (Å²) in [6.07, 6.45) is 3.67. The summed E-state index contributed by atoms with van der Waals surface area (Å²) in [5, 5.41) is 19.3. The molecule has 0 bridgehead atoms.